The van der Waals surface area contributed by atoms with E-state index in [9.17, 15) is 22.8 Å². The number of carboxylic acids is 1. The summed E-state index contributed by atoms with van der Waals surface area (Å²) in [5.41, 5.74) is -0.594. The first-order valence-corrected chi connectivity index (χ1v) is 10.5. The number of carbonyl (C=O) groups is 2. The Balaban J connectivity index is 1.99. The second kappa shape index (κ2) is 14.1. The van der Waals surface area contributed by atoms with Crippen LogP contribution in [-0.4, -0.2) is 21.8 Å². The lowest BCUT2D eigenvalue weighted by Gasteiger charge is -2.07. The van der Waals surface area contributed by atoms with E-state index in [0.29, 0.717) is 12.0 Å². The molecule has 0 aliphatic rings. The average molecular weight is 415 g/mol. The van der Waals surface area contributed by atoms with Crippen molar-refractivity contribution < 1.29 is 27.9 Å². The van der Waals surface area contributed by atoms with Gasteiger partial charge in [0.15, 0.2) is 0 Å². The van der Waals surface area contributed by atoms with Gasteiger partial charge in [0, 0.05) is 25.5 Å². The van der Waals surface area contributed by atoms with Crippen LogP contribution in [0.3, 0.4) is 0 Å². The van der Waals surface area contributed by atoms with Gasteiger partial charge in [0.2, 0.25) is 0 Å². The number of carboxylic acid groups (broad SMARTS) is 1. The maximum atomic E-state index is 12.6. The summed E-state index contributed by atoms with van der Waals surface area (Å²) in [5.74, 6) is -0.758. The number of ketones is 1. The van der Waals surface area contributed by atoms with Gasteiger partial charge >= 0.3 is 12.1 Å². The molecule has 29 heavy (non-hydrogen) atoms. The van der Waals surface area contributed by atoms with E-state index in [1.165, 1.54) is 25.3 Å². The molecule has 1 aromatic rings. The molecule has 0 aliphatic carbocycles. The summed E-state index contributed by atoms with van der Waals surface area (Å²) >= 11 is 0. The van der Waals surface area contributed by atoms with Crippen LogP contribution in [0.15, 0.2) is 18.3 Å². The molecule has 1 N–H and O–H groups in total. The molecule has 0 fully saturated rings. The Morgan fingerprint density at radius 2 is 1.31 bits per heavy atom. The third kappa shape index (κ3) is 13.0. The molecule has 1 heterocycles. The fraction of sp³-hybridized carbons (Fsp3) is 0.682. The van der Waals surface area contributed by atoms with Gasteiger partial charge in [-0.25, -0.2) is 0 Å². The number of pyridine rings is 1. The lowest BCUT2D eigenvalue weighted by molar-refractivity contribution is -0.141. The van der Waals surface area contributed by atoms with Crippen LogP contribution >= 0.6 is 0 Å². The van der Waals surface area contributed by atoms with Gasteiger partial charge in [-0.1, -0.05) is 57.8 Å². The fourth-order valence-corrected chi connectivity index (χ4v) is 3.24. The van der Waals surface area contributed by atoms with Gasteiger partial charge in [-0.3, -0.25) is 14.6 Å². The molecule has 0 saturated carbocycles. The van der Waals surface area contributed by atoms with Crippen LogP contribution in [0.1, 0.15) is 94.7 Å². The van der Waals surface area contributed by atoms with Crippen molar-refractivity contribution in [2.45, 2.75) is 96.1 Å². The Hall–Kier alpha value is -1.92. The highest BCUT2D eigenvalue weighted by Crippen LogP contribution is 2.27. The number of nitrogens with zero attached hydrogens (tertiary/aromatic N) is 1. The molecule has 0 aliphatic heterocycles. The van der Waals surface area contributed by atoms with Gasteiger partial charge in [0.05, 0.1) is 0 Å². The fourth-order valence-electron chi connectivity index (χ4n) is 3.24. The monoisotopic (exact) mass is 415 g/mol. The maximum Gasteiger partial charge on any atom is 0.433 e. The van der Waals surface area contributed by atoms with E-state index in [-0.39, 0.29) is 18.6 Å². The minimum atomic E-state index is -4.49. The third-order valence-electron chi connectivity index (χ3n) is 4.86. The predicted molar refractivity (Wildman–Crippen MR) is 106 cm³/mol. The van der Waals surface area contributed by atoms with Crippen molar-refractivity contribution in [3.8, 4) is 0 Å². The molecule has 164 valence electrons. The Morgan fingerprint density at radius 3 is 1.79 bits per heavy atom. The predicted octanol–water partition coefficient (Wildman–Crippen LogP) is 6.37. The second-order valence-corrected chi connectivity index (χ2v) is 7.55. The number of alkyl halides is 3. The summed E-state index contributed by atoms with van der Waals surface area (Å²) in [6.07, 6.45) is 8.76. The Morgan fingerprint density at radius 1 is 0.828 bits per heavy atom. The summed E-state index contributed by atoms with van der Waals surface area (Å²) < 4.78 is 37.9. The first-order chi connectivity index (χ1) is 13.8. The molecule has 1 aromatic heterocycles. The zero-order valence-corrected chi connectivity index (χ0v) is 17.0. The van der Waals surface area contributed by atoms with Gasteiger partial charge in [-0.05, 0) is 30.5 Å². The molecule has 4 nitrogen and oxygen atoms in total. The number of unbranched alkanes of at least 4 members (excludes halogenated alkanes) is 10. The number of carbonyl (C=O) groups excluding carboxylic acids is 1. The van der Waals surface area contributed by atoms with Crippen molar-refractivity contribution in [2.75, 3.05) is 0 Å². The van der Waals surface area contributed by atoms with Crippen molar-refractivity contribution >= 4 is 11.8 Å². The smallest absolute Gasteiger partial charge is 0.433 e. The van der Waals surface area contributed by atoms with Gasteiger partial charge in [-0.15, -0.1) is 0 Å². The van der Waals surface area contributed by atoms with Crippen molar-refractivity contribution in [1.82, 2.24) is 4.98 Å². The van der Waals surface area contributed by atoms with Crippen LogP contribution in [0.4, 0.5) is 13.2 Å². The molecule has 1 rings (SSSR count). The van der Waals surface area contributed by atoms with Gasteiger partial charge in [0.25, 0.3) is 0 Å². The number of halogens is 3. The standard InChI is InChI=1S/C22H32F3NO3/c23-22(24,25)20-17-18(14-15-26-20)16-19(27)12-10-8-6-4-2-1-3-5-7-9-11-13-21(28)29/h14-15,17H,1-13,16H2,(H,28,29). The maximum absolute atomic E-state index is 12.6. The highest BCUT2D eigenvalue weighted by atomic mass is 19.4. The van der Waals surface area contributed by atoms with E-state index in [1.54, 1.807) is 0 Å². The number of Topliss-reactive ketones (excluding diaryl/α,β-unsaturated/α-hetero) is 1. The zero-order chi connectivity index (χ0) is 21.5. The van der Waals surface area contributed by atoms with E-state index in [0.717, 1.165) is 63.6 Å². The Kier molecular flexibility index (Phi) is 12.2. The van der Waals surface area contributed by atoms with Crippen molar-refractivity contribution in [3.05, 3.63) is 29.6 Å². The van der Waals surface area contributed by atoms with Crippen LogP contribution in [0.2, 0.25) is 0 Å². The largest absolute Gasteiger partial charge is 0.481 e. The van der Waals surface area contributed by atoms with Gasteiger partial charge < -0.3 is 5.11 Å². The lowest BCUT2D eigenvalue weighted by atomic mass is 10.0. The summed E-state index contributed by atoms with van der Waals surface area (Å²) in [4.78, 5) is 25.6. The minimum absolute atomic E-state index is 0.0259. The number of aliphatic carboxylic acids is 1. The summed E-state index contributed by atoms with van der Waals surface area (Å²) in [6.45, 7) is 0. The summed E-state index contributed by atoms with van der Waals surface area (Å²) in [6, 6.07) is 2.41. The van der Waals surface area contributed by atoms with E-state index in [4.69, 9.17) is 5.11 Å². The molecule has 0 amide bonds. The van der Waals surface area contributed by atoms with Crippen molar-refractivity contribution in [2.24, 2.45) is 0 Å². The third-order valence-corrected chi connectivity index (χ3v) is 4.86. The number of hydrogen-bond acceptors (Lipinski definition) is 3. The minimum Gasteiger partial charge on any atom is -0.481 e. The van der Waals surface area contributed by atoms with E-state index >= 15 is 0 Å². The van der Waals surface area contributed by atoms with Crippen LogP contribution in [0.5, 0.6) is 0 Å². The summed E-state index contributed by atoms with van der Waals surface area (Å²) in [7, 11) is 0. The Bertz CT molecular complexity index is 618. The number of hydrogen-bond donors (Lipinski definition) is 1. The number of rotatable bonds is 16. The summed E-state index contributed by atoms with van der Waals surface area (Å²) in [5, 5.41) is 8.55. The molecule has 7 heteroatoms. The topological polar surface area (TPSA) is 67.3 Å². The SMILES string of the molecule is O=C(O)CCCCCCCCCCCCCC(=O)Cc1ccnc(C(F)(F)F)c1. The van der Waals surface area contributed by atoms with Crippen molar-refractivity contribution in [3.63, 3.8) is 0 Å². The molecule has 0 radical (unpaired) electrons. The van der Waals surface area contributed by atoms with Crippen LogP contribution in [-0.2, 0) is 22.2 Å². The van der Waals surface area contributed by atoms with Gasteiger partial charge in [0.1, 0.15) is 11.5 Å². The normalized spacial score (nSPS) is 11.6. The second-order valence-electron chi connectivity index (χ2n) is 7.55. The molecule has 0 unspecified atom stereocenters. The van der Waals surface area contributed by atoms with Crippen LogP contribution in [0.25, 0.3) is 0 Å². The first kappa shape index (κ1) is 25.1. The molecule has 0 bridgehead atoms. The number of aromatic nitrogens is 1. The van der Waals surface area contributed by atoms with Crippen molar-refractivity contribution in [1.29, 1.82) is 0 Å². The Labute approximate surface area is 170 Å². The molecule has 0 aromatic carbocycles. The van der Waals surface area contributed by atoms with Crippen LogP contribution in [0, 0.1) is 0 Å². The lowest BCUT2D eigenvalue weighted by Crippen LogP contribution is -2.10. The molecular formula is C22H32F3NO3. The quantitative estimate of drug-likeness (QED) is 0.319. The van der Waals surface area contributed by atoms with Gasteiger partial charge in [-0.2, -0.15) is 13.2 Å². The van der Waals surface area contributed by atoms with E-state index in [1.807, 2.05) is 0 Å². The molecular weight excluding hydrogens is 383 g/mol. The molecule has 0 spiro atoms. The zero-order valence-electron chi connectivity index (χ0n) is 17.0. The first-order valence-electron chi connectivity index (χ1n) is 10.5. The molecule has 0 saturated heterocycles. The highest BCUT2D eigenvalue weighted by molar-refractivity contribution is 5.80. The van der Waals surface area contributed by atoms with E-state index in [2.05, 4.69) is 4.98 Å². The highest BCUT2D eigenvalue weighted by Gasteiger charge is 2.32. The van der Waals surface area contributed by atoms with Crippen LogP contribution < -0.4 is 0 Å². The van der Waals surface area contributed by atoms with E-state index < -0.39 is 17.8 Å². The average Bonchev–Trinajstić information content (AvgIpc) is 2.64. The molecule has 0 atom stereocenters.